The molecule has 2 aromatic carbocycles. The van der Waals surface area contributed by atoms with Gasteiger partial charge in [-0.15, -0.1) is 0 Å². The highest BCUT2D eigenvalue weighted by Gasteiger charge is 2.04. The van der Waals surface area contributed by atoms with Crippen LogP contribution in [0.4, 0.5) is 18.9 Å². The molecule has 0 heterocycles. The maximum Gasteiger partial charge on any atom is 0.156 e. The van der Waals surface area contributed by atoms with Gasteiger partial charge in [0.05, 0.1) is 5.69 Å². The number of nitrogens with zero attached hydrogens (tertiary/aromatic N) is 1. The predicted octanol–water partition coefficient (Wildman–Crippen LogP) is 4.12. The summed E-state index contributed by atoms with van der Waals surface area (Å²) in [6, 6.07) is 8.34. The molecule has 2 rings (SSSR count). The van der Waals surface area contributed by atoms with Crippen LogP contribution in [0.15, 0.2) is 47.6 Å². The molecular weight excluding hydrogens is 277 g/mol. The van der Waals surface area contributed by atoms with E-state index in [1.807, 2.05) is 0 Å². The molecule has 0 unspecified atom stereocenters. The summed E-state index contributed by atoms with van der Waals surface area (Å²) in [6.07, 6.45) is 0. The van der Waals surface area contributed by atoms with E-state index < -0.39 is 17.5 Å². The second-order valence-electron chi connectivity index (χ2n) is 3.65. The van der Waals surface area contributed by atoms with Gasteiger partial charge in [0.1, 0.15) is 11.6 Å². The molecule has 1 N–H and O–H groups in total. The predicted molar refractivity (Wildman–Crippen MR) is 68.8 cm³/mol. The first kappa shape index (κ1) is 13.4. The van der Waals surface area contributed by atoms with Crippen LogP contribution in [-0.2, 0) is 0 Å². The molecule has 0 bridgehead atoms. The van der Waals surface area contributed by atoms with Gasteiger partial charge in [0.2, 0.25) is 0 Å². The lowest BCUT2D eigenvalue weighted by molar-refractivity contribution is 0.585. The maximum atomic E-state index is 13.3. The average Bonchev–Trinajstić information content (AvgIpc) is 2.38. The molecule has 0 saturated heterocycles. The molecule has 0 fully saturated rings. The van der Waals surface area contributed by atoms with E-state index in [2.05, 4.69) is 10.5 Å². The van der Waals surface area contributed by atoms with Crippen LogP contribution >= 0.6 is 11.6 Å². The summed E-state index contributed by atoms with van der Waals surface area (Å²) in [5, 5.41) is 3.76. The fourth-order valence-corrected chi connectivity index (χ4v) is 1.51. The van der Waals surface area contributed by atoms with Gasteiger partial charge in [-0.25, -0.2) is 13.2 Å². The highest BCUT2D eigenvalue weighted by molar-refractivity contribution is 6.69. The Labute approximate surface area is 112 Å². The number of hydrogen-bond donors (Lipinski definition) is 1. The van der Waals surface area contributed by atoms with Crippen molar-refractivity contribution in [2.45, 2.75) is 0 Å². The molecule has 2 nitrogen and oxygen atoms in total. The standard InChI is InChI=1S/C13H8ClF3N2/c14-13(8-1-3-9(15)4-2-8)19-18-12-6-5-10(16)7-11(12)17/h1-7,18H/b19-13-. The normalized spacial score (nSPS) is 11.5. The van der Waals surface area contributed by atoms with Crippen LogP contribution in [0.1, 0.15) is 5.56 Å². The second-order valence-corrected chi connectivity index (χ2v) is 4.00. The highest BCUT2D eigenvalue weighted by atomic mass is 35.5. The molecule has 0 aromatic heterocycles. The monoisotopic (exact) mass is 284 g/mol. The minimum Gasteiger partial charge on any atom is -0.274 e. The molecule has 19 heavy (non-hydrogen) atoms. The molecular formula is C13H8ClF3N2. The smallest absolute Gasteiger partial charge is 0.156 e. The lowest BCUT2D eigenvalue weighted by Crippen LogP contribution is -1.99. The van der Waals surface area contributed by atoms with Gasteiger partial charge >= 0.3 is 0 Å². The molecule has 0 saturated carbocycles. The van der Waals surface area contributed by atoms with E-state index in [0.717, 1.165) is 12.1 Å². The first-order valence-corrected chi connectivity index (χ1v) is 5.64. The first-order chi connectivity index (χ1) is 9.06. The van der Waals surface area contributed by atoms with E-state index in [-0.39, 0.29) is 10.9 Å². The zero-order valence-corrected chi connectivity index (χ0v) is 10.3. The van der Waals surface area contributed by atoms with Crippen molar-refractivity contribution in [1.82, 2.24) is 0 Å². The number of rotatable bonds is 3. The first-order valence-electron chi connectivity index (χ1n) is 5.26. The van der Waals surface area contributed by atoms with Gasteiger partial charge in [-0.05, 0) is 36.4 Å². The van der Waals surface area contributed by atoms with Crippen molar-refractivity contribution in [2.24, 2.45) is 5.10 Å². The van der Waals surface area contributed by atoms with Crippen LogP contribution in [0.2, 0.25) is 0 Å². The molecule has 0 atom stereocenters. The molecule has 0 spiro atoms. The molecule has 6 heteroatoms. The Bertz CT molecular complexity index is 612. The third kappa shape index (κ3) is 3.48. The Morgan fingerprint density at radius 2 is 1.58 bits per heavy atom. The number of hydrogen-bond acceptors (Lipinski definition) is 2. The summed E-state index contributed by atoms with van der Waals surface area (Å²) in [5.41, 5.74) is 2.83. The molecule has 0 aliphatic heterocycles. The third-order valence-electron chi connectivity index (χ3n) is 2.29. The van der Waals surface area contributed by atoms with Gasteiger partial charge in [0, 0.05) is 11.6 Å². The van der Waals surface area contributed by atoms with Crippen molar-refractivity contribution >= 4 is 22.5 Å². The number of nitrogens with one attached hydrogen (secondary N) is 1. The topological polar surface area (TPSA) is 24.4 Å². The van der Waals surface area contributed by atoms with E-state index in [0.29, 0.717) is 5.56 Å². The highest BCUT2D eigenvalue weighted by Crippen LogP contribution is 2.15. The number of anilines is 1. The second kappa shape index (κ2) is 5.75. The van der Waals surface area contributed by atoms with E-state index in [9.17, 15) is 13.2 Å². The molecule has 2 aromatic rings. The lowest BCUT2D eigenvalue weighted by atomic mass is 10.2. The lowest BCUT2D eigenvalue weighted by Gasteiger charge is -2.03. The van der Waals surface area contributed by atoms with Crippen LogP contribution in [0.3, 0.4) is 0 Å². The molecule has 0 aliphatic rings. The summed E-state index contributed by atoms with van der Waals surface area (Å²) >= 11 is 5.86. The van der Waals surface area contributed by atoms with Crippen molar-refractivity contribution in [3.8, 4) is 0 Å². The average molecular weight is 285 g/mol. The number of halogens is 4. The quantitative estimate of drug-likeness (QED) is 0.665. The van der Waals surface area contributed by atoms with Crippen LogP contribution < -0.4 is 5.43 Å². The van der Waals surface area contributed by atoms with E-state index >= 15 is 0 Å². The van der Waals surface area contributed by atoms with Gasteiger partial charge in [-0.1, -0.05) is 11.6 Å². The van der Waals surface area contributed by atoms with Crippen molar-refractivity contribution in [3.63, 3.8) is 0 Å². The van der Waals surface area contributed by atoms with E-state index in [4.69, 9.17) is 11.6 Å². The van der Waals surface area contributed by atoms with Gasteiger partial charge in [0.15, 0.2) is 11.0 Å². The molecule has 0 aliphatic carbocycles. The molecule has 0 amide bonds. The minimum absolute atomic E-state index is 0.0124. The SMILES string of the molecule is Fc1ccc(/C(Cl)=N/Nc2ccc(F)cc2F)cc1. The zero-order chi connectivity index (χ0) is 13.8. The van der Waals surface area contributed by atoms with Crippen molar-refractivity contribution < 1.29 is 13.2 Å². The van der Waals surface area contributed by atoms with E-state index in [1.165, 1.54) is 30.3 Å². The summed E-state index contributed by atoms with van der Waals surface area (Å²) < 4.78 is 38.7. The third-order valence-corrected chi connectivity index (χ3v) is 2.59. The van der Waals surface area contributed by atoms with Crippen LogP contribution in [0.5, 0.6) is 0 Å². The van der Waals surface area contributed by atoms with E-state index in [1.54, 1.807) is 0 Å². The Morgan fingerprint density at radius 3 is 2.21 bits per heavy atom. The summed E-state index contributed by atoms with van der Waals surface area (Å²) in [5.74, 6) is -1.87. The van der Waals surface area contributed by atoms with Gasteiger partial charge < -0.3 is 0 Å². The largest absolute Gasteiger partial charge is 0.274 e. The molecule has 0 radical (unpaired) electrons. The fourth-order valence-electron chi connectivity index (χ4n) is 1.34. The minimum atomic E-state index is -0.785. The Balaban J connectivity index is 2.15. The summed E-state index contributed by atoms with van der Waals surface area (Å²) in [4.78, 5) is 0. The fraction of sp³-hybridized carbons (Fsp3) is 0. The summed E-state index contributed by atoms with van der Waals surface area (Å²) in [6.45, 7) is 0. The number of benzene rings is 2. The van der Waals surface area contributed by atoms with Crippen molar-refractivity contribution in [1.29, 1.82) is 0 Å². The number of hydrazone groups is 1. The van der Waals surface area contributed by atoms with Gasteiger partial charge in [-0.3, -0.25) is 5.43 Å². The Kier molecular flexibility index (Phi) is 4.06. The molecule has 98 valence electrons. The van der Waals surface area contributed by atoms with Crippen LogP contribution in [0, 0.1) is 17.5 Å². The summed E-state index contributed by atoms with van der Waals surface area (Å²) in [7, 11) is 0. The Morgan fingerprint density at radius 1 is 0.947 bits per heavy atom. The van der Waals surface area contributed by atoms with Crippen molar-refractivity contribution in [3.05, 3.63) is 65.5 Å². The maximum absolute atomic E-state index is 13.3. The van der Waals surface area contributed by atoms with Gasteiger partial charge in [0.25, 0.3) is 0 Å². The van der Waals surface area contributed by atoms with Gasteiger partial charge in [-0.2, -0.15) is 5.10 Å². The van der Waals surface area contributed by atoms with Crippen LogP contribution in [0.25, 0.3) is 0 Å². The Hall–Kier alpha value is -2.01. The van der Waals surface area contributed by atoms with Crippen molar-refractivity contribution in [2.75, 3.05) is 5.43 Å². The zero-order valence-electron chi connectivity index (χ0n) is 9.50. The van der Waals surface area contributed by atoms with Crippen LogP contribution in [-0.4, -0.2) is 5.17 Å².